The lowest BCUT2D eigenvalue weighted by Gasteiger charge is -2.07. The fourth-order valence-electron chi connectivity index (χ4n) is 1.08. The first-order valence-electron chi connectivity index (χ1n) is 3.80. The van der Waals surface area contributed by atoms with Crippen molar-refractivity contribution in [3.05, 3.63) is 25.6 Å². The molecule has 1 rings (SSSR count). The number of halogens is 3. The van der Waals surface area contributed by atoms with Gasteiger partial charge in [0, 0.05) is 6.20 Å². The number of aromatic nitrogens is 1. The van der Waals surface area contributed by atoms with Crippen LogP contribution < -0.4 is 5.14 Å². The Kier molecular flexibility index (Phi) is 3.93. The summed E-state index contributed by atoms with van der Waals surface area (Å²) in [6.45, 7) is 0. The van der Waals surface area contributed by atoms with Crippen molar-refractivity contribution in [2.24, 2.45) is 5.14 Å². The second-order valence-corrected chi connectivity index (χ2v) is 5.43. The van der Waals surface area contributed by atoms with Crippen LogP contribution in [0.25, 0.3) is 0 Å². The molecule has 1 aromatic rings. The maximum absolute atomic E-state index is 12.5. The summed E-state index contributed by atoms with van der Waals surface area (Å²) in [6, 6.07) is 0. The molecule has 94 valence electrons. The second kappa shape index (κ2) is 4.73. The van der Waals surface area contributed by atoms with Gasteiger partial charge in [0.25, 0.3) is 6.43 Å². The molecule has 0 saturated carbocycles. The summed E-state index contributed by atoms with van der Waals surface area (Å²) in [7, 11) is -4.67. The van der Waals surface area contributed by atoms with Crippen molar-refractivity contribution in [1.82, 2.24) is 4.98 Å². The zero-order chi connectivity index (χ0) is 13.4. The number of primary sulfonamides is 1. The van der Waals surface area contributed by atoms with Crippen molar-refractivity contribution < 1.29 is 22.1 Å². The third-order valence-electron chi connectivity index (χ3n) is 1.66. The number of pyridine rings is 1. The van der Waals surface area contributed by atoms with Gasteiger partial charge in [-0.1, -0.05) is 0 Å². The quantitative estimate of drug-likeness (QED) is 0.481. The SMILES string of the molecule is NS(=O)(=O)c1c(C(F)F)ncc(I)c1[N+](=O)[O-]. The van der Waals surface area contributed by atoms with E-state index in [1.165, 1.54) is 22.6 Å². The molecular formula is C6H4F2IN3O4S. The minimum Gasteiger partial charge on any atom is -0.258 e. The highest BCUT2D eigenvalue weighted by atomic mass is 127. The van der Waals surface area contributed by atoms with Crippen LogP contribution in [0, 0.1) is 13.7 Å². The van der Waals surface area contributed by atoms with E-state index >= 15 is 0 Å². The normalized spacial score (nSPS) is 11.8. The van der Waals surface area contributed by atoms with Crippen LogP contribution in [0.15, 0.2) is 11.1 Å². The van der Waals surface area contributed by atoms with Crippen LogP contribution in [0.3, 0.4) is 0 Å². The van der Waals surface area contributed by atoms with Gasteiger partial charge in [-0.3, -0.25) is 15.1 Å². The van der Waals surface area contributed by atoms with Crippen LogP contribution in [0.2, 0.25) is 0 Å². The van der Waals surface area contributed by atoms with Gasteiger partial charge in [-0.05, 0) is 22.6 Å². The molecule has 0 aliphatic carbocycles. The van der Waals surface area contributed by atoms with E-state index in [2.05, 4.69) is 4.98 Å². The first-order valence-corrected chi connectivity index (χ1v) is 6.42. The Hall–Kier alpha value is -0.950. The van der Waals surface area contributed by atoms with Crippen molar-refractivity contribution in [3.8, 4) is 0 Å². The lowest BCUT2D eigenvalue weighted by Crippen LogP contribution is -2.18. The van der Waals surface area contributed by atoms with Crippen LogP contribution in [-0.4, -0.2) is 18.3 Å². The maximum atomic E-state index is 12.5. The van der Waals surface area contributed by atoms with E-state index in [0.29, 0.717) is 0 Å². The molecule has 0 atom stereocenters. The maximum Gasteiger partial charge on any atom is 0.306 e. The van der Waals surface area contributed by atoms with E-state index in [0.717, 1.165) is 6.20 Å². The predicted molar refractivity (Wildman–Crippen MR) is 59.9 cm³/mol. The molecule has 17 heavy (non-hydrogen) atoms. The minimum absolute atomic E-state index is 0.193. The summed E-state index contributed by atoms with van der Waals surface area (Å²) >= 11 is 1.41. The number of hydrogen-bond donors (Lipinski definition) is 1. The number of hydrogen-bond acceptors (Lipinski definition) is 5. The Morgan fingerprint density at radius 3 is 2.41 bits per heavy atom. The molecule has 1 aromatic heterocycles. The van der Waals surface area contributed by atoms with Gasteiger partial charge >= 0.3 is 5.69 Å². The highest BCUT2D eigenvalue weighted by molar-refractivity contribution is 14.1. The zero-order valence-electron chi connectivity index (χ0n) is 7.80. The number of sulfonamides is 1. The third kappa shape index (κ3) is 2.84. The van der Waals surface area contributed by atoms with E-state index in [1.807, 2.05) is 0 Å². The van der Waals surface area contributed by atoms with E-state index in [1.54, 1.807) is 0 Å². The number of nitro groups is 1. The van der Waals surface area contributed by atoms with Gasteiger partial charge in [-0.25, -0.2) is 22.3 Å². The molecule has 0 unspecified atom stereocenters. The van der Waals surface area contributed by atoms with Crippen molar-refractivity contribution in [2.75, 3.05) is 0 Å². The Balaban J connectivity index is 3.82. The highest BCUT2D eigenvalue weighted by Gasteiger charge is 2.34. The van der Waals surface area contributed by atoms with Crippen molar-refractivity contribution in [2.45, 2.75) is 11.3 Å². The summed E-state index contributed by atoms with van der Waals surface area (Å²) in [5, 5.41) is 15.4. The van der Waals surface area contributed by atoms with Gasteiger partial charge in [-0.2, -0.15) is 0 Å². The molecule has 1 heterocycles. The second-order valence-electron chi connectivity index (χ2n) is 2.77. The average molecular weight is 379 g/mol. The Morgan fingerprint density at radius 2 is 2.06 bits per heavy atom. The van der Waals surface area contributed by atoms with E-state index in [-0.39, 0.29) is 3.57 Å². The summed E-state index contributed by atoms with van der Waals surface area (Å²) in [4.78, 5) is 11.5. The van der Waals surface area contributed by atoms with E-state index in [4.69, 9.17) is 5.14 Å². The smallest absolute Gasteiger partial charge is 0.258 e. The highest BCUT2D eigenvalue weighted by Crippen LogP contribution is 2.34. The molecule has 7 nitrogen and oxygen atoms in total. The fourth-order valence-corrected chi connectivity index (χ4v) is 2.76. The Labute approximate surface area is 107 Å². The Bertz CT molecular complexity index is 577. The number of alkyl halides is 2. The first-order chi connectivity index (χ1) is 7.66. The van der Waals surface area contributed by atoms with Crippen molar-refractivity contribution >= 4 is 38.3 Å². The molecule has 0 aliphatic rings. The minimum atomic E-state index is -4.67. The van der Waals surface area contributed by atoms with Crippen LogP contribution >= 0.6 is 22.6 Å². The molecular weight excluding hydrogens is 375 g/mol. The third-order valence-corrected chi connectivity index (χ3v) is 3.43. The molecule has 0 radical (unpaired) electrons. The Morgan fingerprint density at radius 1 is 1.53 bits per heavy atom. The van der Waals surface area contributed by atoms with Crippen molar-refractivity contribution in [3.63, 3.8) is 0 Å². The summed E-state index contributed by atoms with van der Waals surface area (Å²) in [5.41, 5.74) is -2.21. The van der Waals surface area contributed by atoms with Gasteiger partial charge in [0.2, 0.25) is 10.0 Å². The lowest BCUT2D eigenvalue weighted by molar-refractivity contribution is -0.389. The average Bonchev–Trinajstić information content (AvgIpc) is 2.14. The molecule has 0 amide bonds. The predicted octanol–water partition coefficient (Wildman–Crippen LogP) is 1.18. The number of nitrogens with zero attached hydrogens (tertiary/aromatic N) is 2. The largest absolute Gasteiger partial charge is 0.306 e. The van der Waals surface area contributed by atoms with Gasteiger partial charge < -0.3 is 0 Å². The summed E-state index contributed by atoms with van der Waals surface area (Å²) in [6.07, 6.45) is -2.49. The van der Waals surface area contributed by atoms with E-state index < -0.39 is 37.6 Å². The molecule has 0 bridgehead atoms. The van der Waals surface area contributed by atoms with Gasteiger partial charge in [-0.15, -0.1) is 0 Å². The van der Waals surface area contributed by atoms with Gasteiger partial charge in [0.1, 0.15) is 9.26 Å². The number of rotatable bonds is 3. The van der Waals surface area contributed by atoms with Crippen LogP contribution in [0.5, 0.6) is 0 Å². The van der Waals surface area contributed by atoms with Gasteiger partial charge in [0.05, 0.1) is 4.92 Å². The molecule has 0 aliphatic heterocycles. The fraction of sp³-hybridized carbons (Fsp3) is 0.167. The molecule has 0 saturated heterocycles. The standard InChI is InChI=1S/C6H4F2IN3O4S/c7-6(8)3-5(17(10,15)16)4(12(13)14)2(9)1-11-3/h1,6H,(H2,10,15,16). The van der Waals surface area contributed by atoms with Crippen LogP contribution in [0.4, 0.5) is 14.5 Å². The molecule has 11 heteroatoms. The van der Waals surface area contributed by atoms with Crippen LogP contribution in [-0.2, 0) is 10.0 Å². The first kappa shape index (κ1) is 14.1. The lowest BCUT2D eigenvalue weighted by atomic mass is 10.3. The topological polar surface area (TPSA) is 116 Å². The van der Waals surface area contributed by atoms with Gasteiger partial charge in [0.15, 0.2) is 4.90 Å². The monoisotopic (exact) mass is 379 g/mol. The number of nitrogens with two attached hydrogens (primary N) is 1. The molecule has 0 spiro atoms. The van der Waals surface area contributed by atoms with E-state index in [9.17, 15) is 27.3 Å². The van der Waals surface area contributed by atoms with Crippen molar-refractivity contribution in [1.29, 1.82) is 0 Å². The zero-order valence-corrected chi connectivity index (χ0v) is 10.8. The van der Waals surface area contributed by atoms with Crippen LogP contribution in [0.1, 0.15) is 12.1 Å². The molecule has 0 aromatic carbocycles. The molecule has 2 N–H and O–H groups in total. The molecule has 0 fully saturated rings. The summed E-state index contributed by atoms with van der Waals surface area (Å²) in [5.74, 6) is 0. The summed E-state index contributed by atoms with van der Waals surface area (Å²) < 4.78 is 47.1.